The molecule has 8 heteroatoms. The monoisotopic (exact) mass is 329 g/mol. The van der Waals surface area contributed by atoms with E-state index in [1.54, 1.807) is 6.20 Å². The van der Waals surface area contributed by atoms with E-state index in [0.717, 1.165) is 10.5 Å². The van der Waals surface area contributed by atoms with Gasteiger partial charge < -0.3 is 9.88 Å². The van der Waals surface area contributed by atoms with Crippen molar-refractivity contribution in [2.24, 2.45) is 0 Å². The predicted molar refractivity (Wildman–Crippen MR) is 76.8 cm³/mol. The van der Waals surface area contributed by atoms with Gasteiger partial charge in [0.05, 0.1) is 6.04 Å². The van der Waals surface area contributed by atoms with Crippen LogP contribution >= 0.6 is 0 Å². The van der Waals surface area contributed by atoms with Crippen LogP contribution in [0.4, 0.5) is 13.2 Å². The second-order valence-corrected chi connectivity index (χ2v) is 6.06. The Balaban J connectivity index is 1.76. The number of alkyl halides is 3. The second-order valence-electron chi connectivity index (χ2n) is 6.06. The molecule has 5 nitrogen and oxygen atoms in total. The number of piperidine rings is 1. The summed E-state index contributed by atoms with van der Waals surface area (Å²) in [6.45, 7) is -0.179. The number of fused-ring (bicyclic) bond motifs is 1. The van der Waals surface area contributed by atoms with Gasteiger partial charge in [0.25, 0.3) is 5.56 Å². The molecule has 1 saturated heterocycles. The molecule has 126 valence electrons. The second kappa shape index (κ2) is 5.99. The van der Waals surface area contributed by atoms with Crippen molar-refractivity contribution < 1.29 is 18.0 Å². The molecule has 1 aromatic heterocycles. The van der Waals surface area contributed by atoms with E-state index in [2.05, 4.69) is 4.98 Å². The molecule has 0 saturated carbocycles. The van der Waals surface area contributed by atoms with Gasteiger partial charge in [0.15, 0.2) is 0 Å². The van der Waals surface area contributed by atoms with Crippen molar-refractivity contribution >= 4 is 5.91 Å². The third-order valence-electron chi connectivity index (χ3n) is 4.50. The van der Waals surface area contributed by atoms with E-state index in [1.165, 1.54) is 0 Å². The van der Waals surface area contributed by atoms with Gasteiger partial charge in [0.2, 0.25) is 5.91 Å². The summed E-state index contributed by atoms with van der Waals surface area (Å²) in [4.78, 5) is 29.6. The standard InChI is InChI=1S/C15H18F3N3O2/c16-15(17,18)9-21-6-1-2-12(14(21)23)20-7-4-10-3-5-19-13(22)11(10)8-20/h3,5,12H,1-2,4,6-9H2,(H,19,22). The Kier molecular flexibility index (Phi) is 4.18. The fraction of sp³-hybridized carbons (Fsp3) is 0.600. The number of carbonyl (C=O) groups is 1. The minimum Gasteiger partial charge on any atom is -0.332 e. The lowest BCUT2D eigenvalue weighted by Gasteiger charge is -2.40. The lowest BCUT2D eigenvalue weighted by atomic mass is 9.96. The lowest BCUT2D eigenvalue weighted by Crippen LogP contribution is -2.55. The number of hydrogen-bond donors (Lipinski definition) is 1. The van der Waals surface area contributed by atoms with Gasteiger partial charge in [-0.1, -0.05) is 0 Å². The summed E-state index contributed by atoms with van der Waals surface area (Å²) in [6.07, 6.45) is -1.09. The number of halogens is 3. The van der Waals surface area contributed by atoms with Gasteiger partial charge in [-0.05, 0) is 30.9 Å². The zero-order valence-corrected chi connectivity index (χ0v) is 12.5. The molecule has 3 heterocycles. The van der Waals surface area contributed by atoms with Crippen molar-refractivity contribution in [2.75, 3.05) is 19.6 Å². The summed E-state index contributed by atoms with van der Waals surface area (Å²) in [5, 5.41) is 0. The van der Waals surface area contributed by atoms with E-state index in [4.69, 9.17) is 0 Å². The molecule has 1 unspecified atom stereocenters. The number of pyridine rings is 1. The molecule has 23 heavy (non-hydrogen) atoms. The molecule has 0 radical (unpaired) electrons. The molecule has 0 bridgehead atoms. The number of aromatic amines is 1. The number of likely N-dealkylation sites (tertiary alicyclic amines) is 1. The molecule has 2 aliphatic heterocycles. The molecule has 1 aromatic rings. The van der Waals surface area contributed by atoms with Crippen LogP contribution < -0.4 is 5.56 Å². The number of rotatable bonds is 2. The van der Waals surface area contributed by atoms with Crippen LogP contribution in [0.25, 0.3) is 0 Å². The van der Waals surface area contributed by atoms with Gasteiger partial charge in [0.1, 0.15) is 6.54 Å². The maximum Gasteiger partial charge on any atom is 0.406 e. The Morgan fingerprint density at radius 3 is 2.78 bits per heavy atom. The van der Waals surface area contributed by atoms with Crippen LogP contribution in [-0.4, -0.2) is 52.5 Å². The molecule has 0 aromatic carbocycles. The van der Waals surface area contributed by atoms with Crippen molar-refractivity contribution in [3.63, 3.8) is 0 Å². The maximum atomic E-state index is 12.6. The average molecular weight is 329 g/mol. The van der Waals surface area contributed by atoms with Gasteiger partial charge in [-0.2, -0.15) is 13.2 Å². The molecule has 1 atom stereocenters. The molecule has 1 fully saturated rings. The van der Waals surface area contributed by atoms with Crippen LogP contribution in [0, 0.1) is 0 Å². The first-order valence-electron chi connectivity index (χ1n) is 7.64. The minimum absolute atomic E-state index is 0.139. The molecule has 3 rings (SSSR count). The highest BCUT2D eigenvalue weighted by atomic mass is 19.4. The topological polar surface area (TPSA) is 56.4 Å². The van der Waals surface area contributed by atoms with E-state index in [0.29, 0.717) is 37.9 Å². The van der Waals surface area contributed by atoms with Gasteiger partial charge in [0, 0.05) is 31.4 Å². The van der Waals surface area contributed by atoms with E-state index in [1.807, 2.05) is 11.0 Å². The zero-order valence-electron chi connectivity index (χ0n) is 12.5. The molecule has 0 aliphatic carbocycles. The molecule has 2 aliphatic rings. The van der Waals surface area contributed by atoms with E-state index in [-0.39, 0.29) is 12.1 Å². The SMILES string of the molecule is O=C1C(N2CCc3cc[nH]c(=O)c3C2)CCCN1CC(F)(F)F. The van der Waals surface area contributed by atoms with Crippen LogP contribution in [0.1, 0.15) is 24.0 Å². The van der Waals surface area contributed by atoms with Gasteiger partial charge in [-0.25, -0.2) is 0 Å². The Morgan fingerprint density at radius 1 is 1.26 bits per heavy atom. The smallest absolute Gasteiger partial charge is 0.332 e. The number of nitrogens with zero attached hydrogens (tertiary/aromatic N) is 2. The number of amides is 1. The highest BCUT2D eigenvalue weighted by Crippen LogP contribution is 2.26. The third kappa shape index (κ3) is 3.41. The van der Waals surface area contributed by atoms with Crippen molar-refractivity contribution in [3.8, 4) is 0 Å². The zero-order chi connectivity index (χ0) is 16.6. The number of aromatic nitrogens is 1. The van der Waals surface area contributed by atoms with Gasteiger partial charge >= 0.3 is 6.18 Å². The Bertz CT molecular complexity index is 656. The molecule has 1 amide bonds. The van der Waals surface area contributed by atoms with E-state index < -0.39 is 24.7 Å². The fourth-order valence-electron chi connectivity index (χ4n) is 3.40. The first-order chi connectivity index (χ1) is 10.8. The Morgan fingerprint density at radius 2 is 2.04 bits per heavy atom. The maximum absolute atomic E-state index is 12.6. The first-order valence-corrected chi connectivity index (χ1v) is 7.64. The Labute approximate surface area is 131 Å². The quantitative estimate of drug-likeness (QED) is 0.889. The van der Waals surface area contributed by atoms with Crippen LogP contribution in [-0.2, 0) is 17.8 Å². The van der Waals surface area contributed by atoms with Gasteiger partial charge in [-0.3, -0.25) is 14.5 Å². The highest BCUT2D eigenvalue weighted by Gasteiger charge is 2.40. The molecular formula is C15H18F3N3O2. The summed E-state index contributed by atoms with van der Waals surface area (Å²) in [5.41, 5.74) is 1.36. The lowest BCUT2D eigenvalue weighted by molar-refractivity contribution is -0.168. The average Bonchev–Trinajstić information content (AvgIpc) is 2.48. The molecular weight excluding hydrogens is 311 g/mol. The number of hydrogen-bond acceptors (Lipinski definition) is 3. The normalized spacial score (nSPS) is 23.0. The largest absolute Gasteiger partial charge is 0.406 e. The van der Waals surface area contributed by atoms with Crippen LogP contribution in [0.3, 0.4) is 0 Å². The molecule has 1 N–H and O–H groups in total. The third-order valence-corrected chi connectivity index (χ3v) is 4.50. The molecule has 0 spiro atoms. The summed E-state index contributed by atoms with van der Waals surface area (Å²) in [6, 6.07) is 1.27. The number of carbonyl (C=O) groups excluding carboxylic acids is 1. The van der Waals surface area contributed by atoms with Crippen molar-refractivity contribution in [3.05, 3.63) is 33.7 Å². The van der Waals surface area contributed by atoms with Crippen molar-refractivity contribution in [2.45, 2.75) is 38.0 Å². The van der Waals surface area contributed by atoms with Crippen molar-refractivity contribution in [1.29, 1.82) is 0 Å². The van der Waals surface area contributed by atoms with E-state index >= 15 is 0 Å². The fourth-order valence-corrected chi connectivity index (χ4v) is 3.40. The van der Waals surface area contributed by atoms with Crippen LogP contribution in [0.2, 0.25) is 0 Å². The van der Waals surface area contributed by atoms with Gasteiger partial charge in [-0.15, -0.1) is 0 Å². The predicted octanol–water partition coefficient (Wildman–Crippen LogP) is 1.29. The summed E-state index contributed by atoms with van der Waals surface area (Å²) in [5.74, 6) is -0.482. The minimum atomic E-state index is -4.39. The van der Waals surface area contributed by atoms with Crippen LogP contribution in [0.5, 0.6) is 0 Å². The Hall–Kier alpha value is -1.83. The summed E-state index contributed by atoms with van der Waals surface area (Å²) >= 11 is 0. The number of nitrogens with one attached hydrogen (secondary N) is 1. The summed E-state index contributed by atoms with van der Waals surface area (Å²) < 4.78 is 37.7. The van der Waals surface area contributed by atoms with E-state index in [9.17, 15) is 22.8 Å². The number of H-pyrrole nitrogens is 1. The first kappa shape index (κ1) is 16.0. The summed E-state index contributed by atoms with van der Waals surface area (Å²) in [7, 11) is 0. The highest BCUT2D eigenvalue weighted by molar-refractivity contribution is 5.82. The van der Waals surface area contributed by atoms with Crippen molar-refractivity contribution in [1.82, 2.24) is 14.8 Å². The van der Waals surface area contributed by atoms with Crippen LogP contribution in [0.15, 0.2) is 17.1 Å².